The smallest absolute Gasteiger partial charge is 0.272 e. The van der Waals surface area contributed by atoms with Crippen molar-refractivity contribution in [2.24, 2.45) is 0 Å². The van der Waals surface area contributed by atoms with Crippen molar-refractivity contribution in [2.75, 3.05) is 38.3 Å². The highest BCUT2D eigenvalue weighted by molar-refractivity contribution is 5.95. The minimum atomic E-state index is -0.529. The van der Waals surface area contributed by atoms with Crippen molar-refractivity contribution >= 4 is 17.5 Å². The molecular formula is C22H24FN3O4. The van der Waals surface area contributed by atoms with E-state index in [1.54, 1.807) is 47.4 Å². The van der Waals surface area contributed by atoms with Crippen molar-refractivity contribution in [1.29, 1.82) is 0 Å². The molecule has 1 aromatic heterocycles. The number of likely N-dealkylation sites (tertiary alicyclic amines) is 1. The van der Waals surface area contributed by atoms with Gasteiger partial charge in [-0.25, -0.2) is 4.39 Å². The minimum Gasteiger partial charge on any atom is -0.497 e. The summed E-state index contributed by atoms with van der Waals surface area (Å²) in [5.41, 5.74) is 0.471. The zero-order valence-electron chi connectivity index (χ0n) is 16.8. The van der Waals surface area contributed by atoms with E-state index >= 15 is 0 Å². The average molecular weight is 413 g/mol. The highest BCUT2D eigenvalue weighted by Gasteiger charge is 2.42. The topological polar surface area (TPSA) is 72.0 Å². The number of morpholine rings is 1. The number of benzene rings is 1. The summed E-state index contributed by atoms with van der Waals surface area (Å²) in [5.74, 6) is -0.0501. The summed E-state index contributed by atoms with van der Waals surface area (Å²) >= 11 is 0. The highest BCUT2D eigenvalue weighted by Crippen LogP contribution is 2.33. The van der Waals surface area contributed by atoms with Crippen molar-refractivity contribution in [2.45, 2.75) is 24.9 Å². The Kier molecular flexibility index (Phi) is 5.67. The molecule has 0 aliphatic carbocycles. The molecule has 1 aromatic carbocycles. The van der Waals surface area contributed by atoms with Crippen LogP contribution in [0.5, 0.6) is 5.75 Å². The Bertz CT molecular complexity index is 936. The van der Waals surface area contributed by atoms with Gasteiger partial charge in [-0.2, -0.15) is 0 Å². The molecule has 2 aliphatic heterocycles. The quantitative estimate of drug-likeness (QED) is 0.774. The number of rotatable bonds is 3. The second-order valence-corrected chi connectivity index (χ2v) is 7.65. The lowest BCUT2D eigenvalue weighted by molar-refractivity contribution is -0.140. The number of pyridine rings is 1. The van der Waals surface area contributed by atoms with Crippen molar-refractivity contribution in [1.82, 2.24) is 9.88 Å². The molecule has 0 N–H and O–H groups in total. The Hall–Kier alpha value is -3.00. The summed E-state index contributed by atoms with van der Waals surface area (Å²) in [4.78, 5) is 33.0. The van der Waals surface area contributed by atoms with Gasteiger partial charge in [0.2, 0.25) is 0 Å². The summed E-state index contributed by atoms with van der Waals surface area (Å²) in [6.07, 6.45) is 3.64. The number of hydrogen-bond acceptors (Lipinski definition) is 5. The fourth-order valence-corrected chi connectivity index (χ4v) is 4.06. The normalized spacial score (nSPS) is 22.1. The summed E-state index contributed by atoms with van der Waals surface area (Å²) < 4.78 is 24.5. The number of ether oxygens (including phenoxy) is 2. The molecule has 30 heavy (non-hydrogen) atoms. The molecule has 1 atom stereocenters. The summed E-state index contributed by atoms with van der Waals surface area (Å²) in [6.45, 7) is 1.45. The van der Waals surface area contributed by atoms with Gasteiger partial charge in [-0.15, -0.1) is 0 Å². The number of halogens is 1. The molecule has 1 unspecified atom stereocenters. The minimum absolute atomic E-state index is 0.0250. The molecule has 0 saturated carbocycles. The van der Waals surface area contributed by atoms with Crippen molar-refractivity contribution in [3.63, 3.8) is 0 Å². The van der Waals surface area contributed by atoms with Crippen molar-refractivity contribution in [3.05, 3.63) is 54.1 Å². The van der Waals surface area contributed by atoms with Crippen molar-refractivity contribution in [3.8, 4) is 5.75 Å². The average Bonchev–Trinajstić information content (AvgIpc) is 2.98. The Morgan fingerprint density at radius 1 is 1.20 bits per heavy atom. The van der Waals surface area contributed by atoms with E-state index in [1.807, 2.05) is 0 Å². The van der Waals surface area contributed by atoms with E-state index in [0.29, 0.717) is 43.2 Å². The lowest BCUT2D eigenvalue weighted by atomic mass is 9.92. The maximum absolute atomic E-state index is 13.3. The van der Waals surface area contributed by atoms with Gasteiger partial charge >= 0.3 is 0 Å². The number of nitrogens with zero attached hydrogens (tertiary/aromatic N) is 3. The van der Waals surface area contributed by atoms with Crippen LogP contribution in [-0.2, 0) is 9.53 Å². The van der Waals surface area contributed by atoms with Gasteiger partial charge in [-0.05, 0) is 49.6 Å². The molecule has 7 nitrogen and oxygen atoms in total. The van der Waals surface area contributed by atoms with Crippen LogP contribution in [0.25, 0.3) is 0 Å². The van der Waals surface area contributed by atoms with E-state index in [-0.39, 0.29) is 24.2 Å². The first-order chi connectivity index (χ1) is 14.5. The summed E-state index contributed by atoms with van der Waals surface area (Å²) in [7, 11) is 1.55. The van der Waals surface area contributed by atoms with Gasteiger partial charge in [0.05, 0.1) is 19.3 Å². The number of aromatic nitrogens is 1. The molecule has 0 radical (unpaired) electrons. The Balaban J connectivity index is 1.48. The lowest BCUT2D eigenvalue weighted by Crippen LogP contribution is -2.55. The van der Waals surface area contributed by atoms with E-state index in [0.717, 1.165) is 12.8 Å². The molecule has 0 bridgehead atoms. The Morgan fingerprint density at radius 3 is 2.77 bits per heavy atom. The third-order valence-electron chi connectivity index (χ3n) is 5.76. The predicted molar refractivity (Wildman–Crippen MR) is 108 cm³/mol. The molecule has 8 heteroatoms. The first-order valence-corrected chi connectivity index (χ1v) is 9.99. The number of amides is 2. The first-order valence-electron chi connectivity index (χ1n) is 9.99. The molecule has 158 valence electrons. The summed E-state index contributed by atoms with van der Waals surface area (Å²) in [5, 5.41) is 0. The SMILES string of the molecule is COc1ccnc(C(=O)N2CCCC3(CC2)CN(c2ccc(F)cc2)C(=O)CO3)c1. The van der Waals surface area contributed by atoms with Crippen LogP contribution in [0, 0.1) is 5.82 Å². The molecular weight excluding hydrogens is 389 g/mol. The molecule has 2 saturated heterocycles. The lowest BCUT2D eigenvalue weighted by Gasteiger charge is -2.42. The summed E-state index contributed by atoms with van der Waals surface area (Å²) in [6, 6.07) is 9.24. The van der Waals surface area contributed by atoms with Gasteiger partial charge in [-0.1, -0.05) is 0 Å². The van der Waals surface area contributed by atoms with Gasteiger partial charge in [0, 0.05) is 31.0 Å². The largest absolute Gasteiger partial charge is 0.497 e. The third kappa shape index (κ3) is 4.14. The Labute approximate surface area is 174 Å². The molecule has 2 amide bonds. The second kappa shape index (κ2) is 8.39. The molecule has 4 rings (SSSR count). The zero-order valence-corrected chi connectivity index (χ0v) is 16.8. The number of methoxy groups -OCH3 is 1. The van der Waals surface area contributed by atoms with E-state index in [2.05, 4.69) is 4.98 Å². The molecule has 2 fully saturated rings. The molecule has 2 aromatic rings. The maximum Gasteiger partial charge on any atom is 0.272 e. The number of hydrogen-bond donors (Lipinski definition) is 0. The highest BCUT2D eigenvalue weighted by atomic mass is 19.1. The van der Waals surface area contributed by atoms with Gasteiger partial charge < -0.3 is 19.3 Å². The predicted octanol–water partition coefficient (Wildman–Crippen LogP) is 2.66. The number of carbonyl (C=O) groups excluding carboxylic acids is 2. The van der Waals surface area contributed by atoms with E-state index in [9.17, 15) is 14.0 Å². The van der Waals surface area contributed by atoms with Gasteiger partial charge in [0.15, 0.2) is 0 Å². The van der Waals surface area contributed by atoms with Crippen molar-refractivity contribution < 1.29 is 23.5 Å². The molecule has 1 spiro atoms. The monoisotopic (exact) mass is 413 g/mol. The fourth-order valence-electron chi connectivity index (χ4n) is 4.06. The van der Waals surface area contributed by atoms with Gasteiger partial charge in [-0.3, -0.25) is 14.6 Å². The van der Waals surface area contributed by atoms with Crippen LogP contribution in [-0.4, -0.2) is 60.7 Å². The van der Waals surface area contributed by atoms with E-state index in [1.165, 1.54) is 12.1 Å². The van der Waals surface area contributed by atoms with Crippen LogP contribution in [0.3, 0.4) is 0 Å². The maximum atomic E-state index is 13.3. The van der Waals surface area contributed by atoms with Crippen LogP contribution >= 0.6 is 0 Å². The first kappa shape index (κ1) is 20.3. The standard InChI is InChI=1S/C22H24FN3O4/c1-29-18-7-10-24-19(13-18)21(28)25-11-2-8-22(9-12-25)15-26(20(27)14-30-22)17-5-3-16(23)4-6-17/h3-7,10,13H,2,8-9,11-12,14-15H2,1H3. The van der Waals surface area contributed by atoms with Crippen LogP contribution in [0.4, 0.5) is 10.1 Å². The number of carbonyl (C=O) groups is 2. The fraction of sp³-hybridized carbons (Fsp3) is 0.409. The Morgan fingerprint density at radius 2 is 2.00 bits per heavy atom. The van der Waals surface area contributed by atoms with Gasteiger partial charge in [0.25, 0.3) is 11.8 Å². The van der Waals surface area contributed by atoms with Crippen LogP contribution in [0.2, 0.25) is 0 Å². The van der Waals surface area contributed by atoms with E-state index in [4.69, 9.17) is 9.47 Å². The van der Waals surface area contributed by atoms with Crippen LogP contribution in [0.1, 0.15) is 29.8 Å². The van der Waals surface area contributed by atoms with Gasteiger partial charge in [0.1, 0.15) is 23.9 Å². The van der Waals surface area contributed by atoms with E-state index < -0.39 is 5.60 Å². The number of anilines is 1. The van der Waals surface area contributed by atoms with Crippen LogP contribution < -0.4 is 9.64 Å². The molecule has 2 aliphatic rings. The molecule has 3 heterocycles. The second-order valence-electron chi connectivity index (χ2n) is 7.65. The van der Waals surface area contributed by atoms with Crippen LogP contribution in [0.15, 0.2) is 42.6 Å². The zero-order chi connectivity index (χ0) is 21.1. The third-order valence-corrected chi connectivity index (χ3v) is 5.76.